The third kappa shape index (κ3) is 5.69. The summed E-state index contributed by atoms with van der Waals surface area (Å²) in [4.78, 5) is 29.5. The number of thioether (sulfide) groups is 1. The van der Waals surface area contributed by atoms with Gasteiger partial charge in [-0.15, -0.1) is 11.8 Å². The van der Waals surface area contributed by atoms with Gasteiger partial charge < -0.3 is 10.6 Å². The second-order valence-corrected chi connectivity index (χ2v) is 7.25. The van der Waals surface area contributed by atoms with Crippen molar-refractivity contribution in [3.63, 3.8) is 0 Å². The Morgan fingerprint density at radius 3 is 2.43 bits per heavy atom. The van der Waals surface area contributed by atoms with Crippen molar-refractivity contribution in [2.24, 2.45) is 0 Å². The maximum atomic E-state index is 12.6. The van der Waals surface area contributed by atoms with Crippen LogP contribution in [0.2, 0.25) is 0 Å². The second kappa shape index (κ2) is 9.71. The van der Waals surface area contributed by atoms with Crippen molar-refractivity contribution >= 4 is 29.3 Å². The van der Waals surface area contributed by atoms with E-state index in [-0.39, 0.29) is 17.6 Å². The summed E-state index contributed by atoms with van der Waals surface area (Å²) in [6.45, 7) is 2.42. The van der Waals surface area contributed by atoms with Gasteiger partial charge in [-0.05, 0) is 48.9 Å². The predicted molar refractivity (Wildman–Crippen MR) is 112 cm³/mol. The Labute approximate surface area is 168 Å². The van der Waals surface area contributed by atoms with Crippen LogP contribution in [-0.4, -0.2) is 22.6 Å². The Hall–Kier alpha value is -3.12. The molecule has 0 aliphatic carbocycles. The summed E-state index contributed by atoms with van der Waals surface area (Å²) in [7, 11) is 0. The van der Waals surface area contributed by atoms with Gasteiger partial charge in [0, 0.05) is 29.5 Å². The first-order chi connectivity index (χ1) is 13.6. The Bertz CT molecular complexity index is 944. The van der Waals surface area contributed by atoms with E-state index in [4.69, 9.17) is 0 Å². The topological polar surface area (TPSA) is 71.1 Å². The van der Waals surface area contributed by atoms with E-state index in [1.165, 1.54) is 11.8 Å². The molecule has 0 atom stereocenters. The summed E-state index contributed by atoms with van der Waals surface area (Å²) >= 11 is 1.34. The maximum absolute atomic E-state index is 12.6. The lowest BCUT2D eigenvalue weighted by molar-refractivity contribution is -0.113. The van der Waals surface area contributed by atoms with E-state index in [1.807, 2.05) is 61.5 Å². The Balaban J connectivity index is 1.57. The van der Waals surface area contributed by atoms with Crippen LogP contribution in [0.1, 0.15) is 21.5 Å². The van der Waals surface area contributed by atoms with Crippen molar-refractivity contribution in [1.29, 1.82) is 0 Å². The number of nitrogens with zero attached hydrogens (tertiary/aromatic N) is 1. The van der Waals surface area contributed by atoms with Crippen LogP contribution in [-0.2, 0) is 11.3 Å². The monoisotopic (exact) mass is 391 g/mol. The van der Waals surface area contributed by atoms with Crippen LogP contribution >= 0.6 is 11.8 Å². The molecule has 0 fully saturated rings. The molecule has 2 amide bonds. The molecule has 3 aromatic rings. The molecular weight excluding hydrogens is 370 g/mol. The molecule has 3 rings (SSSR count). The number of pyridine rings is 1. The van der Waals surface area contributed by atoms with Gasteiger partial charge in [0.1, 0.15) is 0 Å². The van der Waals surface area contributed by atoms with Gasteiger partial charge in [-0.3, -0.25) is 14.6 Å². The van der Waals surface area contributed by atoms with Crippen molar-refractivity contribution in [3.05, 3.63) is 89.7 Å². The highest BCUT2D eigenvalue weighted by atomic mass is 32.2. The Kier molecular flexibility index (Phi) is 6.81. The lowest BCUT2D eigenvalue weighted by Gasteiger charge is -2.10. The average molecular weight is 391 g/mol. The molecule has 0 saturated carbocycles. The van der Waals surface area contributed by atoms with E-state index in [0.29, 0.717) is 12.1 Å². The average Bonchev–Trinajstić information content (AvgIpc) is 2.73. The van der Waals surface area contributed by atoms with E-state index in [0.717, 1.165) is 21.7 Å². The summed E-state index contributed by atoms with van der Waals surface area (Å²) in [5.41, 5.74) is 3.44. The normalized spacial score (nSPS) is 10.3. The highest BCUT2D eigenvalue weighted by Gasteiger charge is 2.13. The number of nitrogens with one attached hydrogen (secondary N) is 2. The fourth-order valence-corrected chi connectivity index (χ4v) is 3.39. The molecule has 0 aliphatic heterocycles. The van der Waals surface area contributed by atoms with Gasteiger partial charge in [0.05, 0.1) is 11.3 Å². The molecular formula is C22H21N3O2S. The van der Waals surface area contributed by atoms with Crippen LogP contribution in [0.4, 0.5) is 5.69 Å². The van der Waals surface area contributed by atoms with E-state index in [9.17, 15) is 9.59 Å². The maximum Gasteiger partial charge on any atom is 0.252 e. The number of carbonyl (C=O) groups is 2. The zero-order chi connectivity index (χ0) is 19.8. The fraction of sp³-hybridized carbons (Fsp3) is 0.136. The minimum absolute atomic E-state index is 0.110. The van der Waals surface area contributed by atoms with Crippen molar-refractivity contribution < 1.29 is 9.59 Å². The third-order valence-electron chi connectivity index (χ3n) is 4.03. The first-order valence-corrected chi connectivity index (χ1v) is 9.86. The van der Waals surface area contributed by atoms with Crippen LogP contribution in [0, 0.1) is 6.92 Å². The summed E-state index contributed by atoms with van der Waals surface area (Å²) in [5.74, 6) is -0.0533. The molecule has 0 spiro atoms. The van der Waals surface area contributed by atoms with Crippen LogP contribution < -0.4 is 10.6 Å². The van der Waals surface area contributed by atoms with E-state index in [1.54, 1.807) is 18.5 Å². The van der Waals surface area contributed by atoms with Gasteiger partial charge >= 0.3 is 0 Å². The zero-order valence-electron chi connectivity index (χ0n) is 15.5. The highest BCUT2D eigenvalue weighted by molar-refractivity contribution is 8.00. The molecule has 0 bridgehead atoms. The number of benzene rings is 2. The third-order valence-corrected chi connectivity index (χ3v) is 5.10. The number of aryl methyl sites for hydroxylation is 1. The number of hydrogen-bond acceptors (Lipinski definition) is 4. The lowest BCUT2D eigenvalue weighted by Crippen LogP contribution is -2.23. The first kappa shape index (κ1) is 19.6. The number of anilines is 1. The summed E-state index contributed by atoms with van der Waals surface area (Å²) in [6, 6.07) is 18.7. The lowest BCUT2D eigenvalue weighted by atomic mass is 10.2. The Morgan fingerprint density at radius 2 is 1.68 bits per heavy atom. The molecule has 28 heavy (non-hydrogen) atoms. The number of hydrogen-bond donors (Lipinski definition) is 2. The molecule has 5 nitrogen and oxygen atoms in total. The number of carbonyl (C=O) groups excluding carboxylic acids is 2. The summed E-state index contributed by atoms with van der Waals surface area (Å²) in [5, 5.41) is 5.78. The molecule has 1 aromatic heterocycles. The largest absolute Gasteiger partial charge is 0.348 e. The zero-order valence-corrected chi connectivity index (χ0v) is 16.3. The van der Waals surface area contributed by atoms with Gasteiger partial charge in [0.2, 0.25) is 5.91 Å². The Morgan fingerprint density at radius 1 is 0.964 bits per heavy atom. The number of amides is 2. The van der Waals surface area contributed by atoms with Gasteiger partial charge in [0.25, 0.3) is 5.91 Å². The number of aromatic nitrogens is 1. The molecule has 2 N–H and O–H groups in total. The molecule has 6 heteroatoms. The minimum Gasteiger partial charge on any atom is -0.348 e. The smallest absolute Gasteiger partial charge is 0.252 e. The molecule has 0 unspecified atom stereocenters. The van der Waals surface area contributed by atoms with Gasteiger partial charge in [-0.1, -0.05) is 29.8 Å². The fourth-order valence-electron chi connectivity index (χ4n) is 2.54. The second-order valence-electron chi connectivity index (χ2n) is 6.24. The van der Waals surface area contributed by atoms with Gasteiger partial charge in [-0.2, -0.15) is 0 Å². The van der Waals surface area contributed by atoms with Crippen LogP contribution in [0.15, 0.2) is 78.0 Å². The van der Waals surface area contributed by atoms with Crippen LogP contribution in [0.5, 0.6) is 0 Å². The number of rotatable bonds is 7. The summed E-state index contributed by atoms with van der Waals surface area (Å²) in [6.07, 6.45) is 3.38. The highest BCUT2D eigenvalue weighted by Crippen LogP contribution is 2.23. The first-order valence-electron chi connectivity index (χ1n) is 8.87. The molecule has 0 aliphatic rings. The van der Waals surface area contributed by atoms with Crippen LogP contribution in [0.25, 0.3) is 0 Å². The minimum atomic E-state index is -0.168. The van der Waals surface area contributed by atoms with Crippen molar-refractivity contribution in [3.8, 4) is 0 Å². The van der Waals surface area contributed by atoms with E-state index >= 15 is 0 Å². The van der Waals surface area contributed by atoms with E-state index < -0.39 is 0 Å². The van der Waals surface area contributed by atoms with Crippen molar-refractivity contribution in [2.75, 3.05) is 11.1 Å². The predicted octanol–water partition coefficient (Wildman–Crippen LogP) is 4.05. The molecule has 0 saturated heterocycles. The van der Waals surface area contributed by atoms with Crippen LogP contribution in [0.3, 0.4) is 0 Å². The molecule has 1 heterocycles. The van der Waals surface area contributed by atoms with Crippen molar-refractivity contribution in [2.45, 2.75) is 18.4 Å². The molecule has 142 valence electrons. The SMILES string of the molecule is Cc1ccc(NC(=O)CSc2ccccc2C(=O)NCc2ccncc2)cc1. The van der Waals surface area contributed by atoms with Crippen molar-refractivity contribution in [1.82, 2.24) is 10.3 Å². The van der Waals surface area contributed by atoms with Gasteiger partial charge in [-0.25, -0.2) is 0 Å². The molecule has 0 radical (unpaired) electrons. The van der Waals surface area contributed by atoms with E-state index in [2.05, 4.69) is 15.6 Å². The quantitative estimate of drug-likeness (QED) is 0.596. The standard InChI is InChI=1S/C22H21N3O2S/c1-16-6-8-18(9-7-16)25-21(26)15-28-20-5-3-2-4-19(20)22(27)24-14-17-10-12-23-13-11-17/h2-13H,14-15H2,1H3,(H,24,27)(H,25,26). The van der Waals surface area contributed by atoms with Gasteiger partial charge in [0.15, 0.2) is 0 Å². The molecule has 2 aromatic carbocycles. The summed E-state index contributed by atoms with van der Waals surface area (Å²) < 4.78 is 0.